The van der Waals surface area contributed by atoms with Gasteiger partial charge in [0.2, 0.25) is 5.91 Å². The third-order valence-electron chi connectivity index (χ3n) is 2.90. The molecule has 2 heterocycles. The molecule has 1 unspecified atom stereocenters. The minimum atomic E-state index is -0.472. The van der Waals surface area contributed by atoms with Crippen molar-refractivity contribution < 1.29 is 9.90 Å². The van der Waals surface area contributed by atoms with Crippen LogP contribution in [0.15, 0.2) is 10.9 Å². The van der Waals surface area contributed by atoms with Gasteiger partial charge in [0.05, 0.1) is 17.3 Å². The first-order valence-electron chi connectivity index (χ1n) is 5.68. The molecule has 1 N–H and O–H groups in total. The number of aliphatic hydroxyl groups is 1. The molecule has 0 radical (unpaired) electrons. The summed E-state index contributed by atoms with van der Waals surface area (Å²) < 4.78 is 0. The average Bonchev–Trinajstić information content (AvgIpc) is 2.68. The van der Waals surface area contributed by atoms with Crippen molar-refractivity contribution in [3.63, 3.8) is 0 Å². The Kier molecular flexibility index (Phi) is 4.09. The van der Waals surface area contributed by atoms with Crippen LogP contribution in [0.1, 0.15) is 12.6 Å². The van der Waals surface area contributed by atoms with Gasteiger partial charge in [-0.05, 0) is 0 Å². The molecule has 1 aliphatic rings. The predicted molar refractivity (Wildman–Crippen MR) is 65.7 cm³/mol. The van der Waals surface area contributed by atoms with Gasteiger partial charge in [0.1, 0.15) is 0 Å². The van der Waals surface area contributed by atoms with Crippen LogP contribution in [0.5, 0.6) is 0 Å². The Morgan fingerprint density at radius 3 is 3.06 bits per heavy atom. The lowest BCUT2D eigenvalue weighted by molar-refractivity contribution is -0.129. The fourth-order valence-electron chi connectivity index (χ4n) is 2.03. The van der Waals surface area contributed by atoms with Gasteiger partial charge in [-0.1, -0.05) is 0 Å². The molecular weight excluding hydrogens is 238 g/mol. The maximum absolute atomic E-state index is 11.3. The zero-order valence-electron chi connectivity index (χ0n) is 9.87. The van der Waals surface area contributed by atoms with E-state index in [2.05, 4.69) is 9.88 Å². The van der Waals surface area contributed by atoms with E-state index in [1.807, 2.05) is 10.9 Å². The van der Waals surface area contributed by atoms with Gasteiger partial charge in [-0.15, -0.1) is 11.3 Å². The molecule has 0 spiro atoms. The number of amides is 1. The molecule has 6 heteroatoms. The highest BCUT2D eigenvalue weighted by Gasteiger charge is 2.22. The quantitative estimate of drug-likeness (QED) is 0.818. The van der Waals surface area contributed by atoms with Crippen LogP contribution in [0, 0.1) is 0 Å². The van der Waals surface area contributed by atoms with Crippen LogP contribution < -0.4 is 0 Å². The molecule has 5 nitrogen and oxygen atoms in total. The number of nitrogens with zero attached hydrogens (tertiary/aromatic N) is 3. The number of β-amino-alcohol motifs (C(OH)–C–C–N with tert-alkyl or cyclic N) is 1. The molecule has 1 aromatic heterocycles. The van der Waals surface area contributed by atoms with Gasteiger partial charge in [0.15, 0.2) is 0 Å². The summed E-state index contributed by atoms with van der Waals surface area (Å²) in [6, 6.07) is 0. The molecule has 94 valence electrons. The Balaban J connectivity index is 1.94. The smallest absolute Gasteiger partial charge is 0.219 e. The molecule has 1 atom stereocenters. The lowest BCUT2D eigenvalue weighted by atomic mass is 10.3. The first-order chi connectivity index (χ1) is 8.15. The largest absolute Gasteiger partial charge is 0.390 e. The summed E-state index contributed by atoms with van der Waals surface area (Å²) in [5.41, 5.74) is 2.84. The standard InChI is InChI=1S/C11H17N3O2S/c1-9(15)14-3-2-13(5-11(16)6-14)4-10-7-17-8-12-10/h7-8,11,16H,2-6H2,1H3. The van der Waals surface area contributed by atoms with E-state index in [0.717, 1.165) is 18.8 Å². The Morgan fingerprint density at radius 2 is 2.41 bits per heavy atom. The fraction of sp³-hybridized carbons (Fsp3) is 0.636. The van der Waals surface area contributed by atoms with Crippen molar-refractivity contribution in [2.75, 3.05) is 26.2 Å². The Bertz CT molecular complexity index is 369. The summed E-state index contributed by atoms with van der Waals surface area (Å²) >= 11 is 1.57. The van der Waals surface area contributed by atoms with Crippen molar-refractivity contribution in [3.8, 4) is 0 Å². The predicted octanol–water partition coefficient (Wildman–Crippen LogP) is 0.168. The van der Waals surface area contributed by atoms with Crippen molar-refractivity contribution >= 4 is 17.2 Å². The van der Waals surface area contributed by atoms with Crippen molar-refractivity contribution in [3.05, 3.63) is 16.6 Å². The monoisotopic (exact) mass is 255 g/mol. The van der Waals surface area contributed by atoms with E-state index < -0.39 is 6.10 Å². The lowest BCUT2D eigenvalue weighted by Crippen LogP contribution is -2.36. The second-order valence-corrected chi connectivity index (χ2v) is 5.05. The van der Waals surface area contributed by atoms with E-state index in [9.17, 15) is 9.90 Å². The number of hydrogen-bond donors (Lipinski definition) is 1. The molecule has 2 rings (SSSR count). The highest BCUT2D eigenvalue weighted by Crippen LogP contribution is 2.09. The molecule has 1 aromatic rings. The van der Waals surface area contributed by atoms with Crippen LogP contribution in [0.2, 0.25) is 0 Å². The summed E-state index contributed by atoms with van der Waals surface area (Å²) in [5.74, 6) is 0.0274. The molecule has 0 aromatic carbocycles. The lowest BCUT2D eigenvalue weighted by Gasteiger charge is -2.19. The summed E-state index contributed by atoms with van der Waals surface area (Å²) in [6.45, 7) is 4.78. The SMILES string of the molecule is CC(=O)N1CCN(Cc2cscn2)CC(O)C1. The molecule has 0 bridgehead atoms. The van der Waals surface area contributed by atoms with E-state index in [4.69, 9.17) is 0 Å². The van der Waals surface area contributed by atoms with Crippen LogP contribution in [-0.2, 0) is 11.3 Å². The molecule has 1 fully saturated rings. The van der Waals surface area contributed by atoms with E-state index >= 15 is 0 Å². The number of hydrogen-bond acceptors (Lipinski definition) is 5. The van der Waals surface area contributed by atoms with Crippen LogP contribution in [-0.4, -0.2) is 58.1 Å². The number of aromatic nitrogens is 1. The van der Waals surface area contributed by atoms with Crippen molar-refractivity contribution in [1.29, 1.82) is 0 Å². The summed E-state index contributed by atoms with van der Waals surface area (Å²) in [7, 11) is 0. The molecule has 0 saturated carbocycles. The number of carbonyl (C=O) groups is 1. The van der Waals surface area contributed by atoms with Crippen molar-refractivity contribution in [2.24, 2.45) is 0 Å². The summed E-state index contributed by atoms with van der Waals surface area (Å²) in [4.78, 5) is 19.4. The zero-order chi connectivity index (χ0) is 12.3. The minimum absolute atomic E-state index is 0.0274. The van der Waals surface area contributed by atoms with E-state index in [0.29, 0.717) is 19.6 Å². The van der Waals surface area contributed by atoms with E-state index in [1.54, 1.807) is 23.2 Å². The highest BCUT2D eigenvalue weighted by atomic mass is 32.1. The van der Waals surface area contributed by atoms with Gasteiger partial charge >= 0.3 is 0 Å². The van der Waals surface area contributed by atoms with Crippen LogP contribution in [0.25, 0.3) is 0 Å². The molecule has 1 aliphatic heterocycles. The Morgan fingerprint density at radius 1 is 1.59 bits per heavy atom. The van der Waals surface area contributed by atoms with Crippen LogP contribution in [0.4, 0.5) is 0 Å². The van der Waals surface area contributed by atoms with Gasteiger partial charge in [0, 0.05) is 45.0 Å². The van der Waals surface area contributed by atoms with Gasteiger partial charge in [-0.2, -0.15) is 0 Å². The zero-order valence-corrected chi connectivity index (χ0v) is 10.7. The second kappa shape index (κ2) is 5.57. The van der Waals surface area contributed by atoms with Gasteiger partial charge in [-0.25, -0.2) is 4.98 Å². The highest BCUT2D eigenvalue weighted by molar-refractivity contribution is 7.07. The number of carbonyl (C=O) groups excluding carboxylic acids is 1. The maximum Gasteiger partial charge on any atom is 0.219 e. The minimum Gasteiger partial charge on any atom is -0.390 e. The third kappa shape index (κ3) is 3.49. The molecule has 1 saturated heterocycles. The van der Waals surface area contributed by atoms with Crippen LogP contribution >= 0.6 is 11.3 Å². The second-order valence-electron chi connectivity index (χ2n) is 4.33. The Labute approximate surface area is 105 Å². The van der Waals surface area contributed by atoms with E-state index in [-0.39, 0.29) is 5.91 Å². The normalized spacial score (nSPS) is 22.5. The van der Waals surface area contributed by atoms with Crippen molar-refractivity contribution in [2.45, 2.75) is 19.6 Å². The van der Waals surface area contributed by atoms with Gasteiger partial charge < -0.3 is 10.0 Å². The topological polar surface area (TPSA) is 56.7 Å². The maximum atomic E-state index is 11.3. The number of thiazole rings is 1. The number of aliphatic hydroxyl groups excluding tert-OH is 1. The van der Waals surface area contributed by atoms with Gasteiger partial charge in [0.25, 0.3) is 0 Å². The van der Waals surface area contributed by atoms with Crippen LogP contribution in [0.3, 0.4) is 0 Å². The molecular formula is C11H17N3O2S. The average molecular weight is 255 g/mol. The fourth-order valence-corrected chi connectivity index (χ4v) is 2.58. The van der Waals surface area contributed by atoms with E-state index in [1.165, 1.54) is 0 Å². The van der Waals surface area contributed by atoms with Crippen molar-refractivity contribution in [1.82, 2.24) is 14.8 Å². The summed E-state index contributed by atoms with van der Waals surface area (Å²) in [5, 5.41) is 11.9. The third-order valence-corrected chi connectivity index (χ3v) is 3.54. The van der Waals surface area contributed by atoms with Gasteiger partial charge in [-0.3, -0.25) is 9.69 Å². The first-order valence-corrected chi connectivity index (χ1v) is 6.62. The Hall–Kier alpha value is -0.980. The molecule has 1 amide bonds. The molecule has 0 aliphatic carbocycles. The number of rotatable bonds is 2. The first kappa shape index (κ1) is 12.5. The molecule has 17 heavy (non-hydrogen) atoms. The summed E-state index contributed by atoms with van der Waals surface area (Å²) in [6.07, 6.45) is -0.472.